The van der Waals surface area contributed by atoms with Crippen LogP contribution in [0.3, 0.4) is 0 Å². The first kappa shape index (κ1) is 23.5. The molecule has 6 rings (SSSR count). The number of esters is 1. The number of nitriles is 1. The molecular formula is C30H23FN4O3. The second kappa shape index (κ2) is 8.32. The molecule has 0 saturated heterocycles. The Hall–Kier alpha value is -4.90. The van der Waals surface area contributed by atoms with Crippen LogP contribution in [0.4, 0.5) is 15.8 Å². The number of rotatable bonds is 3. The number of fused-ring (bicyclic) bond motifs is 3. The van der Waals surface area contributed by atoms with Crippen molar-refractivity contribution in [1.29, 1.82) is 5.26 Å². The van der Waals surface area contributed by atoms with Crippen molar-refractivity contribution in [3.05, 3.63) is 117 Å². The average molecular weight is 507 g/mol. The van der Waals surface area contributed by atoms with Crippen molar-refractivity contribution in [3.8, 4) is 6.07 Å². The zero-order valence-electron chi connectivity index (χ0n) is 20.8. The van der Waals surface area contributed by atoms with Crippen molar-refractivity contribution in [3.63, 3.8) is 0 Å². The highest BCUT2D eigenvalue weighted by molar-refractivity contribution is 6.19. The van der Waals surface area contributed by atoms with E-state index in [1.165, 1.54) is 17.0 Å². The molecule has 0 aromatic heterocycles. The number of carbonyl (C=O) groups is 2. The zero-order chi connectivity index (χ0) is 26.8. The minimum atomic E-state index is -1.78. The molecule has 8 heteroatoms. The summed E-state index contributed by atoms with van der Waals surface area (Å²) in [6, 6.07) is 21.0. The lowest BCUT2D eigenvalue weighted by Gasteiger charge is -2.38. The molecule has 188 valence electrons. The summed E-state index contributed by atoms with van der Waals surface area (Å²) in [5, 5.41) is 10.5. The van der Waals surface area contributed by atoms with Gasteiger partial charge in [-0.1, -0.05) is 36.4 Å². The summed E-state index contributed by atoms with van der Waals surface area (Å²) in [5.74, 6) is -1.55. The van der Waals surface area contributed by atoms with Crippen molar-refractivity contribution in [1.82, 2.24) is 0 Å². The van der Waals surface area contributed by atoms with E-state index < -0.39 is 23.1 Å². The number of hydrogen-bond acceptors (Lipinski definition) is 6. The normalized spacial score (nSPS) is 20.2. The molecule has 1 atom stereocenters. The van der Waals surface area contributed by atoms with Crippen LogP contribution >= 0.6 is 0 Å². The van der Waals surface area contributed by atoms with Gasteiger partial charge in [-0.15, -0.1) is 0 Å². The number of nitrogens with zero attached hydrogens (tertiary/aromatic N) is 3. The molecule has 1 amide bonds. The number of aryl methyl sites for hydroxylation is 2. The van der Waals surface area contributed by atoms with Crippen LogP contribution in [0.5, 0.6) is 0 Å². The first-order chi connectivity index (χ1) is 18.3. The molecule has 3 aromatic rings. The molecular weight excluding hydrogens is 483 g/mol. The van der Waals surface area contributed by atoms with Crippen LogP contribution in [-0.2, 0) is 26.3 Å². The molecule has 0 fully saturated rings. The summed E-state index contributed by atoms with van der Waals surface area (Å²) < 4.78 is 19.5. The lowest BCUT2D eigenvalue weighted by atomic mass is 9.67. The third-order valence-corrected chi connectivity index (χ3v) is 7.32. The number of nitrogens with two attached hydrogens (primary N) is 1. The van der Waals surface area contributed by atoms with E-state index in [0.29, 0.717) is 28.2 Å². The monoisotopic (exact) mass is 506 g/mol. The largest absolute Gasteiger partial charge is 0.456 e. The number of benzene rings is 3. The molecule has 38 heavy (non-hydrogen) atoms. The summed E-state index contributed by atoms with van der Waals surface area (Å²) in [6.45, 7) is 3.84. The van der Waals surface area contributed by atoms with Gasteiger partial charge in [-0.2, -0.15) is 5.26 Å². The number of ether oxygens (including phenoxy) is 1. The predicted molar refractivity (Wildman–Crippen MR) is 139 cm³/mol. The minimum absolute atomic E-state index is 0.0477. The van der Waals surface area contributed by atoms with E-state index >= 15 is 0 Å². The van der Waals surface area contributed by atoms with Crippen molar-refractivity contribution >= 4 is 23.3 Å². The molecule has 3 aliphatic rings. The molecule has 1 spiro atoms. The number of anilines is 2. The van der Waals surface area contributed by atoms with E-state index in [4.69, 9.17) is 10.5 Å². The second-order valence-corrected chi connectivity index (χ2v) is 9.74. The summed E-state index contributed by atoms with van der Waals surface area (Å²) in [7, 11) is 0. The van der Waals surface area contributed by atoms with Gasteiger partial charge in [0.1, 0.15) is 29.7 Å². The number of para-hydroxylation sites is 1. The second-order valence-electron chi connectivity index (χ2n) is 9.74. The summed E-state index contributed by atoms with van der Waals surface area (Å²) in [6.07, 6.45) is 0. The van der Waals surface area contributed by atoms with Crippen LogP contribution in [0.2, 0.25) is 0 Å². The van der Waals surface area contributed by atoms with E-state index in [2.05, 4.69) is 6.07 Å². The summed E-state index contributed by atoms with van der Waals surface area (Å²) in [4.78, 5) is 31.1. The Morgan fingerprint density at radius 2 is 1.79 bits per heavy atom. The number of carbonyl (C=O) groups excluding carboxylic acids is 2. The first-order valence-electron chi connectivity index (χ1n) is 12.1. The maximum absolute atomic E-state index is 14.5. The van der Waals surface area contributed by atoms with Gasteiger partial charge in [0.15, 0.2) is 0 Å². The van der Waals surface area contributed by atoms with Crippen molar-refractivity contribution < 1.29 is 18.7 Å². The number of hydrogen-bond donors (Lipinski definition) is 1. The smallest absolute Gasteiger partial charge is 0.338 e. The number of halogens is 1. The van der Waals surface area contributed by atoms with Gasteiger partial charge in [-0.3, -0.25) is 9.69 Å². The predicted octanol–water partition coefficient (Wildman–Crippen LogP) is 4.25. The molecule has 0 radical (unpaired) electrons. The summed E-state index contributed by atoms with van der Waals surface area (Å²) >= 11 is 0. The average Bonchev–Trinajstić information content (AvgIpc) is 3.36. The van der Waals surface area contributed by atoms with E-state index in [0.717, 1.165) is 11.1 Å². The highest BCUT2D eigenvalue weighted by Gasteiger charge is 2.63. The van der Waals surface area contributed by atoms with Gasteiger partial charge in [0.2, 0.25) is 5.91 Å². The van der Waals surface area contributed by atoms with Crippen LogP contribution in [0.25, 0.3) is 0 Å². The maximum Gasteiger partial charge on any atom is 0.338 e. The van der Waals surface area contributed by atoms with Gasteiger partial charge in [0.25, 0.3) is 0 Å². The quantitative estimate of drug-likeness (QED) is 0.533. The fourth-order valence-electron chi connectivity index (χ4n) is 5.94. The molecule has 0 saturated carbocycles. The standard InChI is InChI=1S/C30H23FN4O3/c1-17-10-18(2)12-21(11-17)35-25-16-38-28(36)26(25)30(23(14-32)27(35)33)22-8-3-4-9-24(22)34(29(30)37)15-19-6-5-7-20(31)13-19/h3-13H,15-16,33H2,1-2H3/t30-/m1/s1. The van der Waals surface area contributed by atoms with Crippen LogP contribution in [-0.4, -0.2) is 18.5 Å². The van der Waals surface area contributed by atoms with Crippen LogP contribution in [0.1, 0.15) is 22.3 Å². The minimum Gasteiger partial charge on any atom is -0.456 e. The summed E-state index contributed by atoms with van der Waals surface area (Å²) in [5.41, 5.74) is 9.58. The fraction of sp³-hybridized carbons (Fsp3) is 0.167. The lowest BCUT2D eigenvalue weighted by molar-refractivity contribution is -0.137. The molecule has 3 aromatic carbocycles. The highest BCUT2D eigenvalue weighted by Crippen LogP contribution is 2.56. The van der Waals surface area contributed by atoms with Gasteiger partial charge in [-0.05, 0) is 60.9 Å². The Morgan fingerprint density at radius 3 is 2.50 bits per heavy atom. The van der Waals surface area contributed by atoms with Gasteiger partial charge in [0, 0.05) is 16.9 Å². The van der Waals surface area contributed by atoms with E-state index in [9.17, 15) is 19.2 Å². The van der Waals surface area contributed by atoms with Crippen molar-refractivity contribution in [2.24, 2.45) is 5.73 Å². The lowest BCUT2D eigenvalue weighted by Crippen LogP contribution is -2.50. The Bertz CT molecular complexity index is 1650. The highest BCUT2D eigenvalue weighted by atomic mass is 19.1. The zero-order valence-corrected chi connectivity index (χ0v) is 20.8. The van der Waals surface area contributed by atoms with Gasteiger partial charge < -0.3 is 15.4 Å². The van der Waals surface area contributed by atoms with E-state index in [1.807, 2.05) is 32.0 Å². The van der Waals surface area contributed by atoms with Gasteiger partial charge in [-0.25, -0.2) is 9.18 Å². The molecule has 0 aliphatic carbocycles. The SMILES string of the molecule is Cc1cc(C)cc(N2C(N)=C(C#N)[C@@]3(C(=O)N(Cc4cccc(F)c4)c4ccccc43)C3=C2COC3=O)c1. The van der Waals surface area contributed by atoms with Gasteiger partial charge >= 0.3 is 5.97 Å². The topological polar surface area (TPSA) is 99.7 Å². The Labute approximate surface area is 218 Å². The molecule has 7 nitrogen and oxygen atoms in total. The van der Waals surface area contributed by atoms with E-state index in [1.54, 1.807) is 41.3 Å². The third kappa shape index (κ3) is 3.12. The number of cyclic esters (lactones) is 1. The van der Waals surface area contributed by atoms with Crippen LogP contribution in [0.15, 0.2) is 89.4 Å². The molecule has 0 bridgehead atoms. The molecule has 0 unspecified atom stereocenters. The van der Waals surface area contributed by atoms with Crippen LogP contribution < -0.4 is 15.5 Å². The molecule has 3 aliphatic heterocycles. The molecule has 3 heterocycles. The third-order valence-electron chi connectivity index (χ3n) is 7.32. The van der Waals surface area contributed by atoms with Crippen LogP contribution in [0, 0.1) is 31.0 Å². The Morgan fingerprint density at radius 1 is 1.05 bits per heavy atom. The van der Waals surface area contributed by atoms with Crippen molar-refractivity contribution in [2.45, 2.75) is 25.8 Å². The number of amides is 1. The fourth-order valence-corrected chi connectivity index (χ4v) is 5.94. The van der Waals surface area contributed by atoms with E-state index in [-0.39, 0.29) is 30.1 Å². The molecule has 2 N–H and O–H groups in total. The Balaban J connectivity index is 1.62. The van der Waals surface area contributed by atoms with Crippen molar-refractivity contribution in [2.75, 3.05) is 16.4 Å². The Kier molecular flexibility index (Phi) is 5.14. The first-order valence-corrected chi connectivity index (χ1v) is 12.1. The maximum atomic E-state index is 14.5. The van der Waals surface area contributed by atoms with Gasteiger partial charge in [0.05, 0.1) is 23.4 Å².